The molecule has 1 N–H and O–H groups in total. The summed E-state index contributed by atoms with van der Waals surface area (Å²) in [7, 11) is 0. The van der Waals surface area contributed by atoms with Crippen molar-refractivity contribution in [1.29, 1.82) is 0 Å². The average molecular weight is 521 g/mol. The molecule has 3 aromatic carbocycles. The Morgan fingerprint density at radius 3 is 2.61 bits per heavy atom. The Bertz CT molecular complexity index is 1380. The minimum atomic E-state index is -0.660. The molecule has 0 radical (unpaired) electrons. The van der Waals surface area contributed by atoms with Gasteiger partial charge in [-0.3, -0.25) is 9.59 Å². The van der Waals surface area contributed by atoms with E-state index >= 15 is 0 Å². The molecule has 2 amide bonds. The number of carbonyl (C=O) groups is 2. The van der Waals surface area contributed by atoms with E-state index in [9.17, 15) is 14.0 Å². The monoisotopic (exact) mass is 520 g/mol. The van der Waals surface area contributed by atoms with Gasteiger partial charge in [-0.05, 0) is 48.4 Å². The van der Waals surface area contributed by atoms with Crippen LogP contribution in [0.15, 0.2) is 82.9 Å². The third kappa shape index (κ3) is 5.34. The van der Waals surface area contributed by atoms with Gasteiger partial charge in [-0.1, -0.05) is 71.4 Å². The molecule has 0 saturated carbocycles. The zero-order valence-electron chi connectivity index (χ0n) is 19.3. The van der Waals surface area contributed by atoms with Crippen molar-refractivity contribution < 1.29 is 14.0 Å². The Morgan fingerprint density at radius 2 is 1.89 bits per heavy atom. The average Bonchev–Trinajstić information content (AvgIpc) is 3.44. The van der Waals surface area contributed by atoms with Crippen LogP contribution >= 0.6 is 23.4 Å². The minimum absolute atomic E-state index is 0.0351. The van der Waals surface area contributed by atoms with E-state index in [1.807, 2.05) is 31.2 Å². The van der Waals surface area contributed by atoms with E-state index in [2.05, 4.69) is 10.3 Å². The molecule has 0 bridgehead atoms. The number of benzene rings is 3. The molecule has 0 fully saturated rings. The topological polar surface area (TPSA) is 74.1 Å². The van der Waals surface area contributed by atoms with Gasteiger partial charge in [0.15, 0.2) is 5.17 Å². The Hall–Kier alpha value is -3.49. The van der Waals surface area contributed by atoms with E-state index in [0.717, 1.165) is 22.4 Å². The summed E-state index contributed by atoms with van der Waals surface area (Å²) in [4.78, 5) is 29.6. The van der Waals surface area contributed by atoms with E-state index in [0.29, 0.717) is 22.3 Å². The number of amidine groups is 1. The molecule has 0 saturated heterocycles. The number of anilines is 1. The summed E-state index contributed by atoms with van der Waals surface area (Å²) in [6, 6.07) is 20.9. The third-order valence-electron chi connectivity index (χ3n) is 5.95. The molecule has 2 heterocycles. The molecular weight excluding hydrogens is 499 g/mol. The van der Waals surface area contributed by atoms with E-state index in [1.165, 1.54) is 23.9 Å². The van der Waals surface area contributed by atoms with Crippen LogP contribution in [0.25, 0.3) is 0 Å². The first-order chi connectivity index (χ1) is 17.4. The second-order valence-corrected chi connectivity index (χ2v) is 10.2. The SMILES string of the molecule is Cc1ccc(C2=NN(C3=NC(=O)[C@H](CC(=O)Nc4cccc(Cl)c4)S3)[C@H](c3ccc(F)cc3)C2)cc1. The van der Waals surface area contributed by atoms with E-state index < -0.39 is 5.25 Å². The minimum Gasteiger partial charge on any atom is -0.326 e. The first kappa shape index (κ1) is 24.2. The van der Waals surface area contributed by atoms with Crippen LogP contribution in [-0.2, 0) is 9.59 Å². The number of hydrogen-bond acceptors (Lipinski definition) is 5. The van der Waals surface area contributed by atoms with Gasteiger partial charge < -0.3 is 5.32 Å². The van der Waals surface area contributed by atoms with Crippen LogP contribution in [0.3, 0.4) is 0 Å². The molecule has 6 nitrogen and oxygen atoms in total. The van der Waals surface area contributed by atoms with Crippen LogP contribution < -0.4 is 5.32 Å². The second-order valence-electron chi connectivity index (χ2n) is 8.63. The van der Waals surface area contributed by atoms with Crippen LogP contribution in [0.1, 0.15) is 35.6 Å². The van der Waals surface area contributed by atoms with Crippen LogP contribution in [0.4, 0.5) is 10.1 Å². The fraction of sp³-hybridized carbons (Fsp3) is 0.185. The van der Waals surface area contributed by atoms with Gasteiger partial charge in [-0.2, -0.15) is 10.1 Å². The quantitative estimate of drug-likeness (QED) is 0.450. The molecule has 0 unspecified atom stereocenters. The van der Waals surface area contributed by atoms with Gasteiger partial charge in [0.25, 0.3) is 5.91 Å². The summed E-state index contributed by atoms with van der Waals surface area (Å²) in [6.07, 6.45) is 0.537. The fourth-order valence-electron chi connectivity index (χ4n) is 4.10. The van der Waals surface area contributed by atoms with Crippen molar-refractivity contribution in [2.75, 3.05) is 5.32 Å². The van der Waals surface area contributed by atoms with Crippen molar-refractivity contribution in [3.05, 3.63) is 100 Å². The van der Waals surface area contributed by atoms with Crippen molar-refractivity contribution in [1.82, 2.24) is 5.01 Å². The van der Waals surface area contributed by atoms with Gasteiger partial charge in [-0.15, -0.1) is 0 Å². The number of aliphatic imine (C=N–C) groups is 1. The summed E-state index contributed by atoms with van der Waals surface area (Å²) < 4.78 is 13.6. The predicted octanol–water partition coefficient (Wildman–Crippen LogP) is 5.97. The fourth-order valence-corrected chi connectivity index (χ4v) is 5.35. The van der Waals surface area contributed by atoms with Crippen molar-refractivity contribution in [2.24, 2.45) is 10.1 Å². The summed E-state index contributed by atoms with van der Waals surface area (Å²) in [6.45, 7) is 2.02. The van der Waals surface area contributed by atoms with Crippen LogP contribution in [0, 0.1) is 12.7 Å². The molecule has 0 aliphatic carbocycles. The lowest BCUT2D eigenvalue weighted by atomic mass is 9.98. The number of rotatable bonds is 5. The number of amides is 2. The van der Waals surface area contributed by atoms with Crippen molar-refractivity contribution in [3.8, 4) is 0 Å². The summed E-state index contributed by atoms with van der Waals surface area (Å²) in [5.74, 6) is -1.01. The highest BCUT2D eigenvalue weighted by Gasteiger charge is 2.39. The first-order valence-electron chi connectivity index (χ1n) is 11.4. The maximum Gasteiger partial charge on any atom is 0.262 e. The van der Waals surface area contributed by atoms with E-state index in [1.54, 1.807) is 41.4 Å². The van der Waals surface area contributed by atoms with Gasteiger partial charge in [0, 0.05) is 23.6 Å². The molecule has 182 valence electrons. The Labute approximate surface area is 217 Å². The van der Waals surface area contributed by atoms with E-state index in [-0.39, 0.29) is 30.1 Å². The highest BCUT2D eigenvalue weighted by atomic mass is 35.5. The zero-order chi connectivity index (χ0) is 25.2. The van der Waals surface area contributed by atoms with Gasteiger partial charge in [0.2, 0.25) is 5.91 Å². The molecule has 2 atom stereocenters. The highest BCUT2D eigenvalue weighted by molar-refractivity contribution is 8.15. The number of hydrazone groups is 1. The lowest BCUT2D eigenvalue weighted by Gasteiger charge is -2.23. The standard InChI is InChI=1S/C27H22ClFN4O2S/c1-16-5-7-17(8-6-16)22-14-23(18-9-11-20(29)12-10-18)33(32-22)27-31-26(35)24(36-27)15-25(34)30-21-4-2-3-19(28)13-21/h2-13,23-24H,14-15H2,1H3,(H,30,34)/t23-,24-/m0/s1. The maximum absolute atomic E-state index is 13.6. The maximum atomic E-state index is 13.6. The number of halogens is 2. The smallest absolute Gasteiger partial charge is 0.262 e. The van der Waals surface area contributed by atoms with Crippen LogP contribution in [0.2, 0.25) is 5.02 Å². The van der Waals surface area contributed by atoms with Crippen molar-refractivity contribution in [3.63, 3.8) is 0 Å². The summed E-state index contributed by atoms with van der Waals surface area (Å²) >= 11 is 7.20. The molecular formula is C27H22ClFN4O2S. The molecule has 2 aliphatic rings. The van der Waals surface area contributed by atoms with Gasteiger partial charge in [0.05, 0.1) is 11.8 Å². The van der Waals surface area contributed by atoms with Crippen LogP contribution in [-0.4, -0.2) is 33.0 Å². The lowest BCUT2D eigenvalue weighted by Crippen LogP contribution is -2.25. The molecule has 0 spiro atoms. The number of aryl methyl sites for hydroxylation is 1. The summed E-state index contributed by atoms with van der Waals surface area (Å²) in [5.41, 5.74) is 4.39. The Morgan fingerprint density at radius 1 is 1.14 bits per heavy atom. The van der Waals surface area contributed by atoms with E-state index in [4.69, 9.17) is 16.7 Å². The second kappa shape index (κ2) is 10.2. The number of hydrogen-bond donors (Lipinski definition) is 1. The number of carbonyl (C=O) groups excluding carboxylic acids is 2. The lowest BCUT2D eigenvalue weighted by molar-refractivity contribution is -0.121. The zero-order valence-corrected chi connectivity index (χ0v) is 20.9. The van der Waals surface area contributed by atoms with Gasteiger partial charge in [-0.25, -0.2) is 9.40 Å². The Balaban J connectivity index is 1.35. The van der Waals surface area contributed by atoms with Crippen molar-refractivity contribution >= 4 is 51.7 Å². The predicted molar refractivity (Wildman–Crippen MR) is 142 cm³/mol. The van der Waals surface area contributed by atoms with Gasteiger partial charge in [0.1, 0.15) is 11.1 Å². The first-order valence-corrected chi connectivity index (χ1v) is 12.7. The molecule has 2 aliphatic heterocycles. The van der Waals surface area contributed by atoms with Crippen molar-refractivity contribution in [2.45, 2.75) is 31.1 Å². The molecule has 36 heavy (non-hydrogen) atoms. The highest BCUT2D eigenvalue weighted by Crippen LogP contribution is 2.38. The van der Waals surface area contributed by atoms with Gasteiger partial charge >= 0.3 is 0 Å². The molecule has 3 aromatic rings. The number of nitrogens with zero attached hydrogens (tertiary/aromatic N) is 3. The number of nitrogens with one attached hydrogen (secondary N) is 1. The largest absolute Gasteiger partial charge is 0.326 e. The Kier molecular flexibility index (Phi) is 6.89. The molecule has 0 aromatic heterocycles. The summed E-state index contributed by atoms with van der Waals surface area (Å²) in [5, 5.41) is 9.58. The molecule has 5 rings (SSSR count). The normalized spacial score (nSPS) is 19.3. The number of thioether (sulfide) groups is 1. The van der Waals surface area contributed by atoms with Crippen LogP contribution in [0.5, 0.6) is 0 Å². The molecule has 9 heteroatoms. The third-order valence-corrected chi connectivity index (χ3v) is 7.33.